The largest absolute Gasteiger partial charge is 0.366 e. The molecule has 2 aromatic rings. The number of aromatic nitrogens is 3. The molecule has 30 heavy (non-hydrogen) atoms. The van der Waals surface area contributed by atoms with Crippen molar-refractivity contribution in [2.45, 2.75) is 63.8 Å². The Morgan fingerprint density at radius 3 is 2.50 bits per heavy atom. The lowest BCUT2D eigenvalue weighted by Gasteiger charge is -2.39. The van der Waals surface area contributed by atoms with E-state index in [9.17, 15) is 4.79 Å². The number of benzene rings is 1. The first-order chi connectivity index (χ1) is 14.0. The normalized spacial score (nSPS) is 27.0. The minimum absolute atomic E-state index is 0. The Morgan fingerprint density at radius 2 is 1.83 bits per heavy atom. The summed E-state index contributed by atoms with van der Waals surface area (Å²) in [6, 6.07) is 10.7. The van der Waals surface area contributed by atoms with E-state index in [1.807, 2.05) is 27.8 Å². The molecule has 1 aromatic heterocycles. The molecule has 1 saturated heterocycles. The standard InChI is InChI=1S/C22H31N5O2.ClH/c1-15(2)20-13-26(14-21(29-20)16-6-4-3-5-7-16)22(28)19-12-27(25-24-19)18-10-8-17(23)9-11-18;/h3-7,12,15,17-18,20-21H,8-11,13-14,23H2,1-2H3;1H/t17?,18?,20-,21+;/m1./s1. The van der Waals surface area contributed by atoms with Gasteiger partial charge < -0.3 is 15.4 Å². The molecular weight excluding hydrogens is 402 g/mol. The second-order valence-electron chi connectivity index (χ2n) is 8.68. The first kappa shape index (κ1) is 22.7. The third kappa shape index (κ3) is 5.02. The number of hydrogen-bond donors (Lipinski definition) is 1. The Morgan fingerprint density at radius 1 is 1.13 bits per heavy atom. The molecule has 7 nitrogen and oxygen atoms in total. The summed E-state index contributed by atoms with van der Waals surface area (Å²) >= 11 is 0. The van der Waals surface area contributed by atoms with Gasteiger partial charge >= 0.3 is 0 Å². The van der Waals surface area contributed by atoms with Crippen molar-refractivity contribution in [2.24, 2.45) is 11.7 Å². The maximum atomic E-state index is 13.2. The van der Waals surface area contributed by atoms with Gasteiger partial charge in [-0.2, -0.15) is 0 Å². The van der Waals surface area contributed by atoms with E-state index in [4.69, 9.17) is 10.5 Å². The van der Waals surface area contributed by atoms with Gasteiger partial charge in [-0.25, -0.2) is 4.68 Å². The van der Waals surface area contributed by atoms with Crippen molar-refractivity contribution in [3.05, 3.63) is 47.8 Å². The van der Waals surface area contributed by atoms with Gasteiger partial charge in [0.2, 0.25) is 0 Å². The molecule has 2 heterocycles. The maximum Gasteiger partial charge on any atom is 0.276 e. The highest BCUT2D eigenvalue weighted by Crippen LogP contribution is 2.30. The monoisotopic (exact) mass is 433 g/mol. The molecule has 1 aliphatic heterocycles. The zero-order chi connectivity index (χ0) is 20.4. The lowest BCUT2D eigenvalue weighted by molar-refractivity contribution is -0.0955. The molecule has 2 aliphatic rings. The van der Waals surface area contributed by atoms with E-state index in [0.717, 1.165) is 31.2 Å². The molecule has 1 amide bonds. The number of morpholine rings is 1. The van der Waals surface area contributed by atoms with Crippen molar-refractivity contribution in [3.8, 4) is 0 Å². The lowest BCUT2D eigenvalue weighted by Crippen LogP contribution is -2.48. The van der Waals surface area contributed by atoms with Gasteiger partial charge in [-0.05, 0) is 37.2 Å². The summed E-state index contributed by atoms with van der Waals surface area (Å²) in [6.45, 7) is 5.36. The second kappa shape index (κ2) is 9.90. The fourth-order valence-corrected chi connectivity index (χ4v) is 4.26. The summed E-state index contributed by atoms with van der Waals surface area (Å²) in [7, 11) is 0. The molecule has 0 radical (unpaired) electrons. The number of ether oxygens (including phenoxy) is 1. The lowest BCUT2D eigenvalue weighted by atomic mass is 9.92. The Hall–Kier alpha value is -1.96. The van der Waals surface area contributed by atoms with Gasteiger partial charge in [0.25, 0.3) is 5.91 Å². The van der Waals surface area contributed by atoms with Gasteiger partial charge in [-0.1, -0.05) is 49.4 Å². The van der Waals surface area contributed by atoms with Gasteiger partial charge in [0.15, 0.2) is 5.69 Å². The second-order valence-corrected chi connectivity index (χ2v) is 8.68. The maximum absolute atomic E-state index is 13.2. The zero-order valence-corrected chi connectivity index (χ0v) is 18.5. The molecule has 1 aromatic carbocycles. The van der Waals surface area contributed by atoms with E-state index in [0.29, 0.717) is 24.7 Å². The first-order valence-electron chi connectivity index (χ1n) is 10.7. The molecule has 1 aliphatic carbocycles. The minimum Gasteiger partial charge on any atom is -0.366 e. The third-order valence-electron chi connectivity index (χ3n) is 6.17. The van der Waals surface area contributed by atoms with Crippen LogP contribution < -0.4 is 5.73 Å². The summed E-state index contributed by atoms with van der Waals surface area (Å²) in [6.07, 6.45) is 5.63. The number of rotatable bonds is 4. The molecule has 0 bridgehead atoms. The predicted molar refractivity (Wildman–Crippen MR) is 118 cm³/mol. The molecule has 0 unspecified atom stereocenters. The average molecular weight is 434 g/mol. The van der Waals surface area contributed by atoms with Crippen LogP contribution in [0.2, 0.25) is 0 Å². The fraction of sp³-hybridized carbons (Fsp3) is 0.591. The molecule has 1 saturated carbocycles. The highest BCUT2D eigenvalue weighted by Gasteiger charge is 2.34. The van der Waals surface area contributed by atoms with Crippen LogP contribution in [0, 0.1) is 5.92 Å². The predicted octanol–water partition coefficient (Wildman–Crippen LogP) is 3.38. The van der Waals surface area contributed by atoms with Crippen LogP contribution in [0.4, 0.5) is 0 Å². The minimum atomic E-state index is -0.129. The van der Waals surface area contributed by atoms with Gasteiger partial charge in [0, 0.05) is 12.6 Å². The van der Waals surface area contributed by atoms with Crippen LogP contribution in [0.1, 0.15) is 67.7 Å². The number of hydrogen-bond acceptors (Lipinski definition) is 5. The summed E-state index contributed by atoms with van der Waals surface area (Å²) in [5, 5.41) is 8.46. The van der Waals surface area contributed by atoms with Gasteiger partial charge in [-0.3, -0.25) is 4.79 Å². The molecule has 2 fully saturated rings. The molecule has 4 rings (SSSR count). The number of amides is 1. The summed E-state index contributed by atoms with van der Waals surface area (Å²) < 4.78 is 8.17. The van der Waals surface area contributed by atoms with Crippen LogP contribution in [0.25, 0.3) is 0 Å². The van der Waals surface area contributed by atoms with E-state index >= 15 is 0 Å². The van der Waals surface area contributed by atoms with Crippen LogP contribution in [-0.2, 0) is 4.74 Å². The van der Waals surface area contributed by atoms with Crippen LogP contribution in [0.5, 0.6) is 0 Å². The Bertz CT molecular complexity index is 820. The average Bonchev–Trinajstić information content (AvgIpc) is 3.24. The SMILES string of the molecule is CC(C)[C@H]1CN(C(=O)c2cn(C3CCC(N)CC3)nn2)C[C@@H](c2ccccc2)O1.Cl. The quantitative estimate of drug-likeness (QED) is 0.798. The van der Waals surface area contributed by atoms with Crippen LogP contribution in [0.15, 0.2) is 36.5 Å². The molecule has 164 valence electrons. The van der Waals surface area contributed by atoms with Crippen LogP contribution >= 0.6 is 12.4 Å². The van der Waals surface area contributed by atoms with Crippen molar-refractivity contribution in [3.63, 3.8) is 0 Å². The first-order valence-corrected chi connectivity index (χ1v) is 10.7. The Kier molecular flexibility index (Phi) is 7.50. The topological polar surface area (TPSA) is 86.3 Å². The molecule has 0 spiro atoms. The van der Waals surface area contributed by atoms with E-state index in [1.54, 1.807) is 6.20 Å². The summed E-state index contributed by atoms with van der Waals surface area (Å²) in [5.74, 6) is 0.248. The van der Waals surface area contributed by atoms with Gasteiger partial charge in [-0.15, -0.1) is 17.5 Å². The number of nitrogens with two attached hydrogens (primary N) is 1. The highest BCUT2D eigenvalue weighted by molar-refractivity contribution is 5.92. The zero-order valence-electron chi connectivity index (χ0n) is 17.7. The van der Waals surface area contributed by atoms with Crippen LogP contribution in [0.3, 0.4) is 0 Å². The number of nitrogens with zero attached hydrogens (tertiary/aromatic N) is 4. The van der Waals surface area contributed by atoms with E-state index in [1.165, 1.54) is 0 Å². The van der Waals surface area contributed by atoms with Crippen molar-refractivity contribution in [1.29, 1.82) is 0 Å². The van der Waals surface area contributed by atoms with E-state index < -0.39 is 0 Å². The third-order valence-corrected chi connectivity index (χ3v) is 6.17. The summed E-state index contributed by atoms with van der Waals surface area (Å²) in [5.41, 5.74) is 7.51. The Labute approximate surface area is 184 Å². The fourth-order valence-electron chi connectivity index (χ4n) is 4.26. The van der Waals surface area contributed by atoms with E-state index in [-0.39, 0.29) is 42.6 Å². The van der Waals surface area contributed by atoms with Gasteiger partial charge in [0.05, 0.1) is 24.9 Å². The number of carbonyl (C=O) groups excluding carboxylic acids is 1. The number of carbonyl (C=O) groups is 1. The van der Waals surface area contributed by atoms with Crippen molar-refractivity contribution in [2.75, 3.05) is 13.1 Å². The van der Waals surface area contributed by atoms with Crippen LogP contribution in [-0.4, -0.2) is 51.0 Å². The van der Waals surface area contributed by atoms with Crippen molar-refractivity contribution < 1.29 is 9.53 Å². The highest BCUT2D eigenvalue weighted by atomic mass is 35.5. The molecule has 8 heteroatoms. The summed E-state index contributed by atoms with van der Waals surface area (Å²) in [4.78, 5) is 15.1. The van der Waals surface area contributed by atoms with E-state index in [2.05, 4.69) is 36.3 Å². The Balaban J connectivity index is 0.00000256. The van der Waals surface area contributed by atoms with Crippen molar-refractivity contribution >= 4 is 18.3 Å². The number of halogens is 1. The smallest absolute Gasteiger partial charge is 0.276 e. The molecular formula is C22H32ClN5O2. The molecule has 2 N–H and O–H groups in total. The van der Waals surface area contributed by atoms with Crippen molar-refractivity contribution in [1.82, 2.24) is 19.9 Å². The molecule has 2 atom stereocenters. The van der Waals surface area contributed by atoms with Gasteiger partial charge in [0.1, 0.15) is 6.10 Å².